The maximum Gasteiger partial charge on any atom is 0.240 e. The second-order valence-corrected chi connectivity index (χ2v) is 3.43. The summed E-state index contributed by atoms with van der Waals surface area (Å²) in [6, 6.07) is 2.00. The third-order valence-corrected chi connectivity index (χ3v) is 2.18. The number of hydrogen-bond acceptors (Lipinski definition) is 3. The topological polar surface area (TPSA) is 82.0 Å². The zero-order valence-electron chi connectivity index (χ0n) is 8.09. The van der Waals surface area contributed by atoms with E-state index in [1.165, 1.54) is 6.92 Å². The zero-order chi connectivity index (χ0) is 10.6. The molecule has 1 aliphatic rings. The Morgan fingerprint density at radius 1 is 1.36 bits per heavy atom. The number of rotatable bonds is 4. The molecule has 0 aliphatic heterocycles. The highest BCUT2D eigenvalue weighted by Gasteiger charge is 2.50. The fourth-order valence-electron chi connectivity index (χ4n) is 1.10. The van der Waals surface area contributed by atoms with E-state index in [1.54, 1.807) is 0 Å². The first-order valence-electron chi connectivity index (χ1n) is 4.55. The summed E-state index contributed by atoms with van der Waals surface area (Å²) in [5.41, 5.74) is -0.768. The molecular formula is C9H13N3O2. The van der Waals surface area contributed by atoms with E-state index in [0.29, 0.717) is 25.9 Å². The van der Waals surface area contributed by atoms with E-state index in [-0.39, 0.29) is 11.8 Å². The molecule has 1 aliphatic carbocycles. The van der Waals surface area contributed by atoms with Gasteiger partial charge >= 0.3 is 0 Å². The summed E-state index contributed by atoms with van der Waals surface area (Å²) in [5, 5.41) is 13.9. The quantitative estimate of drug-likeness (QED) is 0.596. The van der Waals surface area contributed by atoms with Gasteiger partial charge in [-0.3, -0.25) is 9.59 Å². The summed E-state index contributed by atoms with van der Waals surface area (Å²) in [6.07, 6.45) is 1.30. The molecule has 1 fully saturated rings. The van der Waals surface area contributed by atoms with Crippen molar-refractivity contribution in [3.8, 4) is 6.07 Å². The Hall–Kier alpha value is -1.57. The highest BCUT2D eigenvalue weighted by molar-refractivity contribution is 5.88. The van der Waals surface area contributed by atoms with E-state index in [9.17, 15) is 9.59 Å². The number of nitriles is 1. The minimum atomic E-state index is -0.768. The fourth-order valence-corrected chi connectivity index (χ4v) is 1.10. The van der Waals surface area contributed by atoms with E-state index in [2.05, 4.69) is 10.6 Å². The van der Waals surface area contributed by atoms with Gasteiger partial charge in [0, 0.05) is 20.0 Å². The molecule has 2 N–H and O–H groups in total. The van der Waals surface area contributed by atoms with E-state index < -0.39 is 5.41 Å². The Morgan fingerprint density at radius 2 is 1.93 bits per heavy atom. The molecule has 1 saturated carbocycles. The van der Waals surface area contributed by atoms with Gasteiger partial charge in [0.15, 0.2) is 0 Å². The lowest BCUT2D eigenvalue weighted by Gasteiger charge is -2.07. The molecule has 0 bridgehead atoms. The van der Waals surface area contributed by atoms with Crippen molar-refractivity contribution >= 4 is 11.8 Å². The van der Waals surface area contributed by atoms with Crippen molar-refractivity contribution in [1.82, 2.24) is 10.6 Å². The lowest BCUT2D eigenvalue weighted by atomic mass is 10.1. The molecule has 1 rings (SSSR count). The molecule has 0 radical (unpaired) electrons. The van der Waals surface area contributed by atoms with Gasteiger partial charge in [0.05, 0.1) is 6.07 Å². The molecule has 14 heavy (non-hydrogen) atoms. The lowest BCUT2D eigenvalue weighted by molar-refractivity contribution is -0.124. The molecule has 0 aromatic carbocycles. The standard InChI is InChI=1S/C9H13N3O2/c1-7(13)11-4-5-12-8(14)9(6-10)2-3-9/h2-5H2,1H3,(H,11,13)(H,12,14). The Balaban J connectivity index is 2.17. The molecule has 5 nitrogen and oxygen atoms in total. The summed E-state index contributed by atoms with van der Waals surface area (Å²) in [4.78, 5) is 21.8. The van der Waals surface area contributed by atoms with Gasteiger partial charge in [-0.1, -0.05) is 0 Å². The minimum Gasteiger partial charge on any atom is -0.355 e. The van der Waals surface area contributed by atoms with Crippen molar-refractivity contribution in [2.45, 2.75) is 19.8 Å². The van der Waals surface area contributed by atoms with E-state index in [1.807, 2.05) is 6.07 Å². The van der Waals surface area contributed by atoms with Gasteiger partial charge in [-0.25, -0.2) is 0 Å². The maximum absolute atomic E-state index is 11.4. The first kappa shape index (κ1) is 10.5. The van der Waals surface area contributed by atoms with Gasteiger partial charge in [-0.2, -0.15) is 5.26 Å². The number of nitrogens with one attached hydrogen (secondary N) is 2. The highest BCUT2D eigenvalue weighted by atomic mass is 16.2. The van der Waals surface area contributed by atoms with Gasteiger partial charge < -0.3 is 10.6 Å². The van der Waals surface area contributed by atoms with Crippen molar-refractivity contribution in [1.29, 1.82) is 5.26 Å². The van der Waals surface area contributed by atoms with Crippen molar-refractivity contribution in [3.05, 3.63) is 0 Å². The summed E-state index contributed by atoms with van der Waals surface area (Å²) >= 11 is 0. The molecule has 0 spiro atoms. The van der Waals surface area contributed by atoms with Crippen LogP contribution in [0.15, 0.2) is 0 Å². The second-order valence-electron chi connectivity index (χ2n) is 3.43. The number of nitrogens with zero attached hydrogens (tertiary/aromatic N) is 1. The minimum absolute atomic E-state index is 0.124. The Kier molecular flexibility index (Phi) is 3.07. The first-order chi connectivity index (χ1) is 6.60. The van der Waals surface area contributed by atoms with Crippen LogP contribution in [-0.4, -0.2) is 24.9 Å². The number of hydrogen-bond donors (Lipinski definition) is 2. The summed E-state index contributed by atoms with van der Waals surface area (Å²) in [5.74, 6) is -0.342. The number of carbonyl (C=O) groups is 2. The molecule has 0 atom stereocenters. The fraction of sp³-hybridized carbons (Fsp3) is 0.667. The van der Waals surface area contributed by atoms with Gasteiger partial charge in [0.25, 0.3) is 0 Å². The van der Waals surface area contributed by atoms with Crippen LogP contribution in [0, 0.1) is 16.7 Å². The van der Waals surface area contributed by atoms with Crippen molar-refractivity contribution in [3.63, 3.8) is 0 Å². The first-order valence-corrected chi connectivity index (χ1v) is 4.55. The molecule has 0 heterocycles. The van der Waals surface area contributed by atoms with Crippen molar-refractivity contribution in [2.75, 3.05) is 13.1 Å². The van der Waals surface area contributed by atoms with E-state index in [0.717, 1.165) is 0 Å². The second kappa shape index (κ2) is 4.09. The van der Waals surface area contributed by atoms with Crippen LogP contribution in [0.3, 0.4) is 0 Å². The van der Waals surface area contributed by atoms with Gasteiger partial charge in [-0.15, -0.1) is 0 Å². The average Bonchev–Trinajstić information content (AvgIpc) is 2.92. The Bertz CT molecular complexity index is 289. The highest BCUT2D eigenvalue weighted by Crippen LogP contribution is 2.44. The molecular weight excluding hydrogens is 182 g/mol. The Labute approximate surface area is 82.5 Å². The monoisotopic (exact) mass is 195 g/mol. The summed E-state index contributed by atoms with van der Waals surface area (Å²) in [7, 11) is 0. The molecule has 0 aromatic heterocycles. The summed E-state index contributed by atoms with van der Waals surface area (Å²) < 4.78 is 0. The Morgan fingerprint density at radius 3 is 2.36 bits per heavy atom. The van der Waals surface area contributed by atoms with Gasteiger partial charge in [0.2, 0.25) is 11.8 Å². The zero-order valence-corrected chi connectivity index (χ0v) is 8.09. The van der Waals surface area contributed by atoms with E-state index in [4.69, 9.17) is 5.26 Å². The van der Waals surface area contributed by atoms with Crippen LogP contribution < -0.4 is 10.6 Å². The van der Waals surface area contributed by atoms with Crippen molar-refractivity contribution in [2.24, 2.45) is 5.41 Å². The number of carbonyl (C=O) groups excluding carboxylic acids is 2. The number of amides is 2. The third-order valence-electron chi connectivity index (χ3n) is 2.18. The van der Waals surface area contributed by atoms with Crippen LogP contribution in [0.4, 0.5) is 0 Å². The third kappa shape index (κ3) is 2.46. The lowest BCUT2D eigenvalue weighted by Crippen LogP contribution is -2.37. The molecule has 76 valence electrons. The molecule has 0 saturated heterocycles. The smallest absolute Gasteiger partial charge is 0.240 e. The van der Waals surface area contributed by atoms with Gasteiger partial charge in [0.1, 0.15) is 5.41 Å². The van der Waals surface area contributed by atoms with Crippen LogP contribution in [0.2, 0.25) is 0 Å². The summed E-state index contributed by atoms with van der Waals surface area (Å²) in [6.45, 7) is 2.20. The van der Waals surface area contributed by atoms with Gasteiger partial charge in [-0.05, 0) is 12.8 Å². The van der Waals surface area contributed by atoms with Crippen LogP contribution in [0.1, 0.15) is 19.8 Å². The predicted molar refractivity (Wildman–Crippen MR) is 49.0 cm³/mol. The predicted octanol–water partition coefficient (Wildman–Crippen LogP) is -0.458. The largest absolute Gasteiger partial charge is 0.355 e. The molecule has 0 unspecified atom stereocenters. The van der Waals surface area contributed by atoms with Crippen LogP contribution in [0.5, 0.6) is 0 Å². The maximum atomic E-state index is 11.4. The van der Waals surface area contributed by atoms with Crippen LogP contribution in [0.25, 0.3) is 0 Å². The molecule has 2 amide bonds. The van der Waals surface area contributed by atoms with Crippen LogP contribution in [-0.2, 0) is 9.59 Å². The normalized spacial score (nSPS) is 16.6. The SMILES string of the molecule is CC(=O)NCCNC(=O)C1(C#N)CC1. The molecule has 0 aromatic rings. The van der Waals surface area contributed by atoms with E-state index >= 15 is 0 Å². The average molecular weight is 195 g/mol. The molecule has 5 heteroatoms. The van der Waals surface area contributed by atoms with Crippen LogP contribution >= 0.6 is 0 Å². The van der Waals surface area contributed by atoms with Crippen molar-refractivity contribution < 1.29 is 9.59 Å².